The van der Waals surface area contributed by atoms with Crippen molar-refractivity contribution in [3.63, 3.8) is 0 Å². The van der Waals surface area contributed by atoms with Crippen LogP contribution in [0.2, 0.25) is 0 Å². The fraction of sp³-hybridized carbons (Fsp3) is 0.474. The SMILES string of the molecule is CCOc1ccc(C(C)NC(=NC)NCc2ccnn2C)cc1OCC. The fourth-order valence-electron chi connectivity index (χ4n) is 2.57. The van der Waals surface area contributed by atoms with Gasteiger partial charge in [0.2, 0.25) is 0 Å². The predicted octanol–water partition coefficient (Wildman–Crippen LogP) is 2.64. The summed E-state index contributed by atoms with van der Waals surface area (Å²) in [4.78, 5) is 4.30. The van der Waals surface area contributed by atoms with E-state index in [4.69, 9.17) is 9.47 Å². The molecule has 0 radical (unpaired) electrons. The molecule has 0 spiro atoms. The number of benzene rings is 1. The monoisotopic (exact) mass is 359 g/mol. The zero-order valence-corrected chi connectivity index (χ0v) is 16.2. The summed E-state index contributed by atoms with van der Waals surface area (Å²) in [6.45, 7) is 7.87. The van der Waals surface area contributed by atoms with Gasteiger partial charge in [0.05, 0.1) is 31.5 Å². The minimum absolute atomic E-state index is 0.0580. The highest BCUT2D eigenvalue weighted by Gasteiger charge is 2.12. The first kappa shape index (κ1) is 19.6. The summed E-state index contributed by atoms with van der Waals surface area (Å²) in [6, 6.07) is 8.04. The van der Waals surface area contributed by atoms with Gasteiger partial charge < -0.3 is 20.1 Å². The normalized spacial score (nSPS) is 12.6. The van der Waals surface area contributed by atoms with Crippen LogP contribution >= 0.6 is 0 Å². The Balaban J connectivity index is 2.03. The topological polar surface area (TPSA) is 72.7 Å². The molecule has 0 aliphatic heterocycles. The zero-order valence-electron chi connectivity index (χ0n) is 16.2. The van der Waals surface area contributed by atoms with Gasteiger partial charge in [-0.15, -0.1) is 0 Å². The van der Waals surface area contributed by atoms with Crippen LogP contribution in [-0.4, -0.2) is 36.0 Å². The number of hydrogen-bond acceptors (Lipinski definition) is 4. The van der Waals surface area contributed by atoms with E-state index in [0.29, 0.717) is 19.8 Å². The van der Waals surface area contributed by atoms with Crippen LogP contribution in [0.1, 0.15) is 38.1 Å². The number of nitrogens with zero attached hydrogens (tertiary/aromatic N) is 3. The predicted molar refractivity (Wildman–Crippen MR) is 104 cm³/mol. The average Bonchev–Trinajstić information content (AvgIpc) is 3.05. The van der Waals surface area contributed by atoms with Crippen molar-refractivity contribution in [1.29, 1.82) is 0 Å². The third-order valence-corrected chi connectivity index (χ3v) is 4.00. The maximum Gasteiger partial charge on any atom is 0.191 e. The second-order valence-corrected chi connectivity index (χ2v) is 5.81. The molecule has 0 amide bonds. The van der Waals surface area contributed by atoms with E-state index in [1.165, 1.54) is 0 Å². The van der Waals surface area contributed by atoms with E-state index in [9.17, 15) is 0 Å². The molecule has 0 aliphatic carbocycles. The van der Waals surface area contributed by atoms with Crippen LogP contribution in [0.15, 0.2) is 35.5 Å². The van der Waals surface area contributed by atoms with Crippen LogP contribution in [0.5, 0.6) is 11.5 Å². The standard InChI is InChI=1S/C19H29N5O2/c1-6-25-17-9-8-15(12-18(17)26-7-2)14(3)23-19(20-4)21-13-16-10-11-22-24(16)5/h8-12,14H,6-7,13H2,1-5H3,(H2,20,21,23). The first-order chi connectivity index (χ1) is 12.6. The molecule has 142 valence electrons. The largest absolute Gasteiger partial charge is 0.490 e. The Morgan fingerprint density at radius 1 is 1.19 bits per heavy atom. The summed E-state index contributed by atoms with van der Waals surface area (Å²) in [5.41, 5.74) is 2.18. The minimum Gasteiger partial charge on any atom is -0.490 e. The molecule has 1 unspecified atom stereocenters. The number of nitrogens with one attached hydrogen (secondary N) is 2. The van der Waals surface area contributed by atoms with Gasteiger partial charge >= 0.3 is 0 Å². The highest BCUT2D eigenvalue weighted by molar-refractivity contribution is 5.80. The molecular weight excluding hydrogens is 330 g/mol. The lowest BCUT2D eigenvalue weighted by molar-refractivity contribution is 0.287. The van der Waals surface area contributed by atoms with Gasteiger partial charge in [-0.05, 0) is 44.5 Å². The summed E-state index contributed by atoms with van der Waals surface area (Å²) in [6.07, 6.45) is 1.78. The molecule has 2 N–H and O–H groups in total. The molecule has 0 aliphatic rings. The summed E-state index contributed by atoms with van der Waals surface area (Å²) in [7, 11) is 3.68. The summed E-state index contributed by atoms with van der Waals surface area (Å²) in [5, 5.41) is 10.9. The maximum atomic E-state index is 5.71. The molecule has 1 atom stereocenters. The highest BCUT2D eigenvalue weighted by atomic mass is 16.5. The number of ether oxygens (including phenoxy) is 2. The molecular formula is C19H29N5O2. The molecule has 0 fully saturated rings. The van der Waals surface area contributed by atoms with Crippen LogP contribution in [-0.2, 0) is 13.6 Å². The van der Waals surface area contributed by atoms with Gasteiger partial charge in [0.15, 0.2) is 17.5 Å². The number of hydrogen-bond donors (Lipinski definition) is 2. The van der Waals surface area contributed by atoms with E-state index < -0.39 is 0 Å². The Morgan fingerprint density at radius 3 is 2.54 bits per heavy atom. The minimum atomic E-state index is 0.0580. The van der Waals surface area contributed by atoms with Crippen LogP contribution in [0.3, 0.4) is 0 Å². The summed E-state index contributed by atoms with van der Waals surface area (Å²) >= 11 is 0. The molecule has 7 heteroatoms. The number of rotatable bonds is 8. The first-order valence-electron chi connectivity index (χ1n) is 8.92. The number of aryl methyl sites for hydroxylation is 1. The molecule has 1 aromatic carbocycles. The van der Waals surface area contributed by atoms with Crippen molar-refractivity contribution in [1.82, 2.24) is 20.4 Å². The van der Waals surface area contributed by atoms with E-state index >= 15 is 0 Å². The molecule has 2 rings (SSSR count). The maximum absolute atomic E-state index is 5.71. The third kappa shape index (κ3) is 5.15. The average molecular weight is 359 g/mol. The molecule has 0 saturated carbocycles. The van der Waals surface area contributed by atoms with Crippen molar-refractivity contribution < 1.29 is 9.47 Å². The van der Waals surface area contributed by atoms with Gasteiger partial charge in [-0.2, -0.15) is 5.10 Å². The fourth-order valence-corrected chi connectivity index (χ4v) is 2.57. The summed E-state index contributed by atoms with van der Waals surface area (Å²) in [5.74, 6) is 2.26. The van der Waals surface area contributed by atoms with Crippen LogP contribution in [0, 0.1) is 0 Å². The molecule has 0 saturated heterocycles. The Labute approximate surface area is 155 Å². The van der Waals surface area contributed by atoms with Gasteiger partial charge in [0.1, 0.15) is 0 Å². The number of aromatic nitrogens is 2. The van der Waals surface area contributed by atoms with Crippen molar-refractivity contribution in [2.45, 2.75) is 33.4 Å². The van der Waals surface area contributed by atoms with Crippen molar-refractivity contribution in [3.8, 4) is 11.5 Å². The van der Waals surface area contributed by atoms with Crippen LogP contribution < -0.4 is 20.1 Å². The van der Waals surface area contributed by atoms with E-state index in [-0.39, 0.29) is 6.04 Å². The van der Waals surface area contributed by atoms with Gasteiger partial charge in [-0.1, -0.05) is 6.07 Å². The van der Waals surface area contributed by atoms with Gasteiger partial charge in [-0.3, -0.25) is 9.67 Å². The Kier molecular flexibility index (Phi) is 7.32. The quantitative estimate of drug-likeness (QED) is 0.560. The lowest BCUT2D eigenvalue weighted by Gasteiger charge is -2.20. The van der Waals surface area contributed by atoms with Crippen molar-refractivity contribution in [2.75, 3.05) is 20.3 Å². The molecule has 1 aromatic heterocycles. The van der Waals surface area contributed by atoms with Gasteiger partial charge in [-0.25, -0.2) is 0 Å². The van der Waals surface area contributed by atoms with E-state index in [2.05, 4.69) is 27.6 Å². The zero-order chi connectivity index (χ0) is 18.9. The first-order valence-corrected chi connectivity index (χ1v) is 8.92. The molecule has 1 heterocycles. The second kappa shape index (κ2) is 9.70. The lowest BCUT2D eigenvalue weighted by atomic mass is 10.1. The second-order valence-electron chi connectivity index (χ2n) is 5.81. The van der Waals surface area contributed by atoms with Gasteiger partial charge in [0.25, 0.3) is 0 Å². The Morgan fingerprint density at radius 2 is 1.92 bits per heavy atom. The Hall–Kier alpha value is -2.70. The van der Waals surface area contributed by atoms with E-state index in [1.54, 1.807) is 13.2 Å². The van der Waals surface area contributed by atoms with Gasteiger partial charge in [0, 0.05) is 20.3 Å². The molecule has 7 nitrogen and oxygen atoms in total. The Bertz CT molecular complexity index is 726. The number of aliphatic imine (C=N–C) groups is 1. The van der Waals surface area contributed by atoms with E-state index in [0.717, 1.165) is 28.7 Å². The van der Waals surface area contributed by atoms with Crippen molar-refractivity contribution in [3.05, 3.63) is 41.7 Å². The van der Waals surface area contributed by atoms with Crippen LogP contribution in [0.4, 0.5) is 0 Å². The van der Waals surface area contributed by atoms with Crippen LogP contribution in [0.25, 0.3) is 0 Å². The lowest BCUT2D eigenvalue weighted by Crippen LogP contribution is -2.38. The van der Waals surface area contributed by atoms with Crippen molar-refractivity contribution >= 4 is 5.96 Å². The highest BCUT2D eigenvalue weighted by Crippen LogP contribution is 2.30. The van der Waals surface area contributed by atoms with E-state index in [1.807, 2.05) is 49.8 Å². The molecule has 0 bridgehead atoms. The molecule has 26 heavy (non-hydrogen) atoms. The smallest absolute Gasteiger partial charge is 0.191 e. The summed E-state index contributed by atoms with van der Waals surface area (Å²) < 4.78 is 13.2. The van der Waals surface area contributed by atoms with Crippen molar-refractivity contribution in [2.24, 2.45) is 12.0 Å². The number of guanidine groups is 1. The third-order valence-electron chi connectivity index (χ3n) is 4.00. The molecule has 2 aromatic rings.